The smallest absolute Gasteiger partial charge is 0.304 e. The van der Waals surface area contributed by atoms with Gasteiger partial charge in [-0.15, -0.1) is 11.3 Å². The van der Waals surface area contributed by atoms with Crippen molar-refractivity contribution in [2.45, 2.75) is 35.5 Å². The second kappa shape index (κ2) is 8.27. The summed E-state index contributed by atoms with van der Waals surface area (Å²) in [5.41, 5.74) is 4.51. The summed E-state index contributed by atoms with van der Waals surface area (Å²) in [5, 5.41) is 9.24. The van der Waals surface area contributed by atoms with Gasteiger partial charge in [0.25, 0.3) is 0 Å². The largest absolute Gasteiger partial charge is 0.488 e. The lowest BCUT2D eigenvalue weighted by molar-refractivity contribution is -0.145. The maximum Gasteiger partial charge on any atom is 0.304 e. The van der Waals surface area contributed by atoms with Crippen LogP contribution in [0.15, 0.2) is 52.7 Å². The van der Waals surface area contributed by atoms with Crippen LogP contribution in [0.3, 0.4) is 0 Å². The normalized spacial score (nSPS) is 16.4. The number of rotatable bonds is 7. The van der Waals surface area contributed by atoms with E-state index in [2.05, 4.69) is 6.07 Å². The first-order chi connectivity index (χ1) is 15.8. The lowest BCUT2D eigenvalue weighted by Crippen LogP contribution is -2.48. The van der Waals surface area contributed by atoms with E-state index in [1.807, 2.05) is 42.5 Å². The fraction of sp³-hybridized carbons (Fsp3) is 0.320. The van der Waals surface area contributed by atoms with Crippen molar-refractivity contribution in [3.63, 3.8) is 0 Å². The molecule has 1 saturated heterocycles. The van der Waals surface area contributed by atoms with Crippen molar-refractivity contribution in [2.75, 3.05) is 19.5 Å². The van der Waals surface area contributed by atoms with Crippen LogP contribution in [0.5, 0.6) is 5.75 Å². The van der Waals surface area contributed by atoms with E-state index in [4.69, 9.17) is 9.47 Å². The molecule has 1 aliphatic carbocycles. The van der Waals surface area contributed by atoms with Crippen molar-refractivity contribution in [1.82, 2.24) is 0 Å². The van der Waals surface area contributed by atoms with Gasteiger partial charge in [-0.1, -0.05) is 36.4 Å². The van der Waals surface area contributed by atoms with Crippen LogP contribution in [0.4, 0.5) is 0 Å². The summed E-state index contributed by atoms with van der Waals surface area (Å²) in [7, 11) is -3.37. The Morgan fingerprint density at radius 1 is 1.12 bits per heavy atom. The zero-order valence-corrected chi connectivity index (χ0v) is 19.8. The monoisotopic (exact) mass is 484 g/mol. The van der Waals surface area contributed by atoms with Gasteiger partial charge in [0.05, 0.1) is 25.0 Å². The predicted octanol–water partition coefficient (Wildman–Crippen LogP) is 4.24. The molecular weight excluding hydrogens is 460 g/mol. The summed E-state index contributed by atoms with van der Waals surface area (Å²) in [6.45, 7) is 1.08. The van der Waals surface area contributed by atoms with Crippen molar-refractivity contribution < 1.29 is 27.8 Å². The summed E-state index contributed by atoms with van der Waals surface area (Å²) >= 11 is 1.30. The Balaban J connectivity index is 1.40. The standard InChI is InChI=1S/C25H24O6S2/c1-33(28,29)24-23-19-5-3-2-4-16(19)6-11-20(23)21(32-24)13-31-18-9-7-17(8-10-18)25(12-22(26)27)14-30-15-25/h2-5,7-10H,6,11-15H2,1H3,(H,26,27). The summed E-state index contributed by atoms with van der Waals surface area (Å²) < 4.78 is 36.9. The minimum atomic E-state index is -3.37. The van der Waals surface area contributed by atoms with Gasteiger partial charge in [-0.3, -0.25) is 4.79 Å². The summed E-state index contributed by atoms with van der Waals surface area (Å²) in [6.07, 6.45) is 2.95. The SMILES string of the molecule is CS(=O)(=O)c1sc(COc2ccc(C3(CC(=O)O)COC3)cc2)c2c1-c1ccccc1CC2. The van der Waals surface area contributed by atoms with Crippen molar-refractivity contribution >= 4 is 27.1 Å². The lowest BCUT2D eigenvalue weighted by atomic mass is 9.76. The van der Waals surface area contributed by atoms with Gasteiger partial charge >= 0.3 is 5.97 Å². The average molecular weight is 485 g/mol. The number of ether oxygens (including phenoxy) is 2. The highest BCUT2D eigenvalue weighted by atomic mass is 32.2. The molecule has 8 heteroatoms. The van der Waals surface area contributed by atoms with Gasteiger partial charge in [0, 0.05) is 16.7 Å². The van der Waals surface area contributed by atoms with Gasteiger partial charge in [0.2, 0.25) is 0 Å². The molecular formula is C25H24O6S2. The molecule has 0 atom stereocenters. The average Bonchev–Trinajstić information content (AvgIpc) is 3.15. The molecule has 0 unspecified atom stereocenters. The Bertz CT molecular complexity index is 1320. The number of carboxylic acids is 1. The van der Waals surface area contributed by atoms with E-state index >= 15 is 0 Å². The number of carbonyl (C=O) groups is 1. The second-order valence-corrected chi connectivity index (χ2v) is 12.1. The van der Waals surface area contributed by atoms with E-state index in [0.29, 0.717) is 23.2 Å². The Morgan fingerprint density at radius 3 is 2.48 bits per heavy atom. The topological polar surface area (TPSA) is 89.9 Å². The van der Waals surface area contributed by atoms with Crippen molar-refractivity contribution in [3.05, 3.63) is 70.1 Å². The van der Waals surface area contributed by atoms with Gasteiger partial charge in [-0.2, -0.15) is 0 Å². The molecule has 2 aliphatic rings. The van der Waals surface area contributed by atoms with Gasteiger partial charge in [0.1, 0.15) is 16.6 Å². The Morgan fingerprint density at radius 2 is 1.85 bits per heavy atom. The molecule has 0 spiro atoms. The Hall–Kier alpha value is -2.68. The van der Waals surface area contributed by atoms with Gasteiger partial charge in [-0.25, -0.2) is 8.42 Å². The van der Waals surface area contributed by atoms with E-state index in [9.17, 15) is 18.3 Å². The number of carboxylic acid groups (broad SMARTS) is 1. The quantitative estimate of drug-likeness (QED) is 0.540. The molecule has 2 heterocycles. The molecule has 1 N–H and O–H groups in total. The molecule has 5 rings (SSSR count). The number of aliphatic carboxylic acids is 1. The maximum absolute atomic E-state index is 12.6. The first-order valence-corrected chi connectivity index (χ1v) is 13.4. The van der Waals surface area contributed by atoms with Crippen LogP contribution in [0.25, 0.3) is 11.1 Å². The Kier molecular flexibility index (Phi) is 5.55. The number of benzene rings is 2. The van der Waals surface area contributed by atoms with Crippen LogP contribution in [-0.2, 0) is 44.2 Å². The number of sulfone groups is 1. The van der Waals surface area contributed by atoms with Crippen molar-refractivity contribution in [1.29, 1.82) is 0 Å². The van der Waals surface area contributed by atoms with Crippen molar-refractivity contribution in [3.8, 4) is 16.9 Å². The highest BCUT2D eigenvalue weighted by Gasteiger charge is 2.42. The van der Waals surface area contributed by atoms with Crippen LogP contribution in [-0.4, -0.2) is 39.0 Å². The fourth-order valence-corrected chi connectivity index (χ4v) is 7.22. The van der Waals surface area contributed by atoms with Crippen molar-refractivity contribution in [2.24, 2.45) is 0 Å². The minimum absolute atomic E-state index is 0.0320. The van der Waals surface area contributed by atoms with Crippen LogP contribution < -0.4 is 4.74 Å². The van der Waals surface area contributed by atoms with E-state index < -0.39 is 21.2 Å². The first-order valence-electron chi connectivity index (χ1n) is 10.7. The lowest BCUT2D eigenvalue weighted by Gasteiger charge is -2.40. The van der Waals surface area contributed by atoms with E-state index in [1.165, 1.54) is 23.2 Å². The summed E-state index contributed by atoms with van der Waals surface area (Å²) in [6, 6.07) is 15.4. The molecule has 0 bridgehead atoms. The Labute approximate surface area is 196 Å². The molecule has 3 aromatic rings. The van der Waals surface area contributed by atoms with Gasteiger partial charge in [-0.05, 0) is 47.2 Å². The third-order valence-corrected chi connectivity index (χ3v) is 9.45. The van der Waals surface area contributed by atoms with E-state index in [-0.39, 0.29) is 13.0 Å². The maximum atomic E-state index is 12.6. The van der Waals surface area contributed by atoms with Gasteiger partial charge in [0.15, 0.2) is 9.84 Å². The zero-order valence-electron chi connectivity index (χ0n) is 18.2. The predicted molar refractivity (Wildman–Crippen MR) is 126 cm³/mol. The fourth-order valence-electron chi connectivity index (χ4n) is 4.71. The second-order valence-electron chi connectivity index (χ2n) is 8.75. The molecule has 33 heavy (non-hydrogen) atoms. The third-order valence-electron chi connectivity index (χ3n) is 6.41. The molecule has 172 valence electrons. The number of thiophene rings is 1. The molecule has 1 aromatic heterocycles. The summed E-state index contributed by atoms with van der Waals surface area (Å²) in [4.78, 5) is 12.2. The zero-order chi connectivity index (χ0) is 23.2. The highest BCUT2D eigenvalue weighted by Crippen LogP contribution is 2.45. The summed E-state index contributed by atoms with van der Waals surface area (Å²) in [5.74, 6) is -0.187. The van der Waals surface area contributed by atoms with Crippen LogP contribution in [0.1, 0.15) is 28.0 Å². The van der Waals surface area contributed by atoms with E-state index in [1.54, 1.807) is 0 Å². The number of aryl methyl sites for hydroxylation is 1. The van der Waals surface area contributed by atoms with Crippen LogP contribution in [0, 0.1) is 0 Å². The third kappa shape index (κ3) is 4.07. The first kappa shape index (κ1) is 22.1. The number of fused-ring (bicyclic) bond motifs is 3. The molecule has 0 radical (unpaired) electrons. The van der Waals surface area contributed by atoms with E-state index in [0.717, 1.165) is 40.0 Å². The molecule has 0 amide bonds. The molecule has 1 aliphatic heterocycles. The number of hydrogen-bond acceptors (Lipinski definition) is 6. The van der Waals surface area contributed by atoms with Crippen LogP contribution >= 0.6 is 11.3 Å². The highest BCUT2D eigenvalue weighted by molar-refractivity contribution is 7.93. The molecule has 2 aromatic carbocycles. The molecule has 0 saturated carbocycles. The number of hydrogen-bond donors (Lipinski definition) is 1. The van der Waals surface area contributed by atoms with Crippen LogP contribution in [0.2, 0.25) is 0 Å². The molecule has 6 nitrogen and oxygen atoms in total. The van der Waals surface area contributed by atoms with Gasteiger partial charge < -0.3 is 14.6 Å². The molecule has 1 fully saturated rings. The minimum Gasteiger partial charge on any atom is -0.488 e.